The number of nitriles is 1. The third-order valence-corrected chi connectivity index (χ3v) is 6.10. The van der Waals surface area contributed by atoms with Crippen molar-refractivity contribution in [2.75, 3.05) is 18.0 Å². The maximum atomic E-state index is 14.9. The lowest BCUT2D eigenvalue weighted by atomic mass is 10.0. The number of carbonyl (C=O) groups is 2. The normalized spacial score (nSPS) is 14.6. The number of nitrogens with zero attached hydrogens (tertiary/aromatic N) is 6. The van der Waals surface area contributed by atoms with Crippen LogP contribution in [0.25, 0.3) is 16.9 Å². The van der Waals surface area contributed by atoms with Gasteiger partial charge in [-0.05, 0) is 58.7 Å². The van der Waals surface area contributed by atoms with Crippen LogP contribution in [0.1, 0.15) is 62.2 Å². The second-order valence-electron chi connectivity index (χ2n) is 10.4. The zero-order valence-corrected chi connectivity index (χ0v) is 22.8. The van der Waals surface area contributed by atoms with Gasteiger partial charge in [-0.3, -0.25) is 4.79 Å². The number of ether oxygens (including phenoxy) is 1. The number of imide groups is 1. The van der Waals surface area contributed by atoms with E-state index in [9.17, 15) is 19.2 Å². The lowest BCUT2D eigenvalue weighted by Crippen LogP contribution is -2.37. The van der Waals surface area contributed by atoms with Crippen LogP contribution in [-0.4, -0.2) is 66.9 Å². The Bertz CT molecular complexity index is 1460. The molecule has 0 bridgehead atoms. The number of benzene rings is 1. The van der Waals surface area contributed by atoms with Gasteiger partial charge in [0, 0.05) is 25.4 Å². The number of amides is 2. The number of anilines is 1. The van der Waals surface area contributed by atoms with Crippen molar-refractivity contribution in [3.63, 3.8) is 0 Å². The first-order valence-electron chi connectivity index (χ1n) is 12.8. The van der Waals surface area contributed by atoms with Crippen LogP contribution >= 0.6 is 0 Å². The minimum absolute atomic E-state index is 0.0270. The molecular weight excluding hydrogens is 519 g/mol. The van der Waals surface area contributed by atoms with E-state index in [1.54, 1.807) is 31.6 Å². The number of halogens is 1. The van der Waals surface area contributed by atoms with Gasteiger partial charge in [0.05, 0.1) is 46.4 Å². The Kier molecular flexibility index (Phi) is 8.18. The van der Waals surface area contributed by atoms with Crippen molar-refractivity contribution in [2.24, 2.45) is 0 Å². The van der Waals surface area contributed by atoms with Crippen LogP contribution in [-0.2, 0) is 11.3 Å². The molecule has 11 nitrogen and oxygen atoms in total. The molecule has 40 heavy (non-hydrogen) atoms. The molecule has 5 rings (SSSR count). The summed E-state index contributed by atoms with van der Waals surface area (Å²) in [4.78, 5) is 33.9. The molecule has 3 aromatic rings. The van der Waals surface area contributed by atoms with E-state index in [1.807, 2.05) is 12.1 Å². The van der Waals surface area contributed by atoms with E-state index in [2.05, 4.69) is 15.0 Å². The number of hydrogen-bond acceptors (Lipinski definition) is 9. The molecule has 2 aliphatic rings. The highest BCUT2D eigenvalue weighted by molar-refractivity contribution is 6.08. The number of aliphatic hydroxyl groups excluding tert-OH is 1. The molecular formula is C28H31FN6O5. The van der Waals surface area contributed by atoms with Crippen molar-refractivity contribution in [1.29, 1.82) is 5.26 Å². The van der Waals surface area contributed by atoms with Gasteiger partial charge in [0.1, 0.15) is 17.7 Å². The Balaban J connectivity index is 0.000000867. The van der Waals surface area contributed by atoms with Gasteiger partial charge >= 0.3 is 6.09 Å². The molecule has 2 aliphatic heterocycles. The predicted molar refractivity (Wildman–Crippen MR) is 143 cm³/mol. The smallest absolute Gasteiger partial charge is 0.417 e. The highest BCUT2D eigenvalue weighted by Gasteiger charge is 2.39. The minimum Gasteiger partial charge on any atom is -0.443 e. The highest BCUT2D eigenvalue weighted by Crippen LogP contribution is 2.34. The molecule has 4 heterocycles. The number of aliphatic hydroxyl groups is 2. The fourth-order valence-electron chi connectivity index (χ4n) is 4.50. The van der Waals surface area contributed by atoms with Gasteiger partial charge < -0.3 is 19.8 Å². The molecule has 1 saturated heterocycles. The number of pyridine rings is 1. The Morgan fingerprint density at radius 3 is 2.48 bits per heavy atom. The maximum Gasteiger partial charge on any atom is 0.417 e. The molecule has 2 N–H and O–H groups in total. The van der Waals surface area contributed by atoms with E-state index in [0.717, 1.165) is 36.6 Å². The highest BCUT2D eigenvalue weighted by atomic mass is 19.1. The summed E-state index contributed by atoms with van der Waals surface area (Å²) in [5, 5.41) is 29.5. The first kappa shape index (κ1) is 28.7. The number of fused-ring (bicyclic) bond motifs is 1. The van der Waals surface area contributed by atoms with E-state index in [0.29, 0.717) is 5.69 Å². The topological polar surface area (TPSA) is 145 Å². The minimum atomic E-state index is -1.17. The Morgan fingerprint density at radius 2 is 1.85 bits per heavy atom. The molecule has 0 aliphatic carbocycles. The number of aromatic nitrogens is 3. The third kappa shape index (κ3) is 6.11. The molecule has 1 fully saturated rings. The van der Waals surface area contributed by atoms with Gasteiger partial charge in [-0.1, -0.05) is 6.07 Å². The lowest BCUT2D eigenvalue weighted by Gasteiger charge is -2.23. The van der Waals surface area contributed by atoms with Crippen LogP contribution in [0.5, 0.6) is 0 Å². The van der Waals surface area contributed by atoms with Crippen molar-refractivity contribution in [3.05, 3.63) is 59.2 Å². The molecule has 1 aromatic carbocycles. The monoisotopic (exact) mass is 550 g/mol. The third-order valence-electron chi connectivity index (χ3n) is 6.10. The zero-order valence-electron chi connectivity index (χ0n) is 22.8. The van der Waals surface area contributed by atoms with Crippen molar-refractivity contribution < 1.29 is 28.9 Å². The second kappa shape index (κ2) is 11.4. The summed E-state index contributed by atoms with van der Waals surface area (Å²) >= 11 is 0. The lowest BCUT2D eigenvalue weighted by molar-refractivity contribution is -0.0228. The second-order valence-corrected chi connectivity index (χ2v) is 10.4. The summed E-state index contributed by atoms with van der Waals surface area (Å²) < 4.78 is 21.9. The number of carbonyl (C=O) groups excluding carboxylic acids is 2. The summed E-state index contributed by atoms with van der Waals surface area (Å²) in [5.41, 5.74) is 0.340. The molecule has 210 valence electrons. The van der Waals surface area contributed by atoms with Crippen LogP contribution in [0.4, 0.5) is 15.0 Å². The van der Waals surface area contributed by atoms with Gasteiger partial charge in [-0.15, -0.1) is 0 Å². The Labute approximate surface area is 231 Å². The van der Waals surface area contributed by atoms with Crippen LogP contribution in [0.3, 0.4) is 0 Å². The van der Waals surface area contributed by atoms with Crippen LogP contribution in [0.15, 0.2) is 36.5 Å². The van der Waals surface area contributed by atoms with Gasteiger partial charge in [-0.25, -0.2) is 23.8 Å². The molecule has 2 amide bonds. The average Bonchev–Trinajstić information content (AvgIpc) is 3.62. The summed E-state index contributed by atoms with van der Waals surface area (Å²) in [5.74, 6) is -0.419. The molecule has 0 spiro atoms. The number of hydrogen-bond donors (Lipinski definition) is 2. The van der Waals surface area contributed by atoms with Gasteiger partial charge in [0.2, 0.25) is 0 Å². The summed E-state index contributed by atoms with van der Waals surface area (Å²) in [6.07, 6.45) is 1.92. The first-order valence-corrected chi connectivity index (χ1v) is 12.8. The van der Waals surface area contributed by atoms with E-state index in [-0.39, 0.29) is 34.6 Å². The molecule has 0 saturated carbocycles. The number of rotatable bonds is 3. The van der Waals surface area contributed by atoms with Gasteiger partial charge in [0.15, 0.2) is 5.82 Å². The predicted octanol–water partition coefficient (Wildman–Crippen LogP) is 3.75. The van der Waals surface area contributed by atoms with Crippen LogP contribution < -0.4 is 4.90 Å². The summed E-state index contributed by atoms with van der Waals surface area (Å²) in [6, 6.07) is 9.61. The molecule has 12 heteroatoms. The van der Waals surface area contributed by atoms with E-state index < -0.39 is 29.7 Å². The van der Waals surface area contributed by atoms with Crippen molar-refractivity contribution >= 4 is 17.8 Å². The Hall–Kier alpha value is -4.34. The van der Waals surface area contributed by atoms with Gasteiger partial charge in [0.25, 0.3) is 5.91 Å². The van der Waals surface area contributed by atoms with Crippen LogP contribution in [0, 0.1) is 17.1 Å². The standard InChI is InChI=1S/C26H25FN6O3.C2H6O2/c1-26(2,3)36-25(35)32-15-19-23(24(32)34)20(33-12-9-21(30-33)31-10-4-5-11-31)13-18(29-19)22-16(14-28)7-6-8-17(22)27;1-2(3)4/h6-9,12-13H,4-5,10-11,15H2,1-3H3;2-4H,1H3. The fourth-order valence-corrected chi connectivity index (χ4v) is 4.50. The average molecular weight is 551 g/mol. The molecule has 0 unspecified atom stereocenters. The molecule has 0 atom stereocenters. The summed E-state index contributed by atoms with van der Waals surface area (Å²) in [6.45, 7) is 8.06. The zero-order chi connectivity index (χ0) is 29.2. The van der Waals surface area contributed by atoms with Crippen LogP contribution in [0.2, 0.25) is 0 Å². The Morgan fingerprint density at radius 1 is 1.18 bits per heavy atom. The van der Waals surface area contributed by atoms with Crippen molar-refractivity contribution in [2.45, 2.75) is 59.0 Å². The van der Waals surface area contributed by atoms with Crippen molar-refractivity contribution in [3.8, 4) is 23.0 Å². The fraction of sp³-hybridized carbons (Fsp3) is 0.393. The summed E-state index contributed by atoms with van der Waals surface area (Å²) in [7, 11) is 0. The van der Waals surface area contributed by atoms with E-state index >= 15 is 0 Å². The van der Waals surface area contributed by atoms with Crippen molar-refractivity contribution in [1.82, 2.24) is 19.7 Å². The molecule has 0 radical (unpaired) electrons. The van der Waals surface area contributed by atoms with Gasteiger partial charge in [-0.2, -0.15) is 10.4 Å². The van der Waals surface area contributed by atoms with E-state index in [1.165, 1.54) is 31.2 Å². The SMILES string of the molecule is CC(C)(C)OC(=O)N1Cc2nc(-c3c(F)cccc3C#N)cc(-n3ccc(N4CCCC4)n3)c2C1=O.CC(O)O. The maximum absolute atomic E-state index is 14.9. The molecule has 2 aromatic heterocycles. The first-order chi connectivity index (χ1) is 18.9. The quantitative estimate of drug-likeness (QED) is 0.466. The largest absolute Gasteiger partial charge is 0.443 e. The van der Waals surface area contributed by atoms with E-state index in [4.69, 9.17) is 14.9 Å².